The maximum atomic E-state index is 9.18. The average Bonchev–Trinajstić information content (AvgIpc) is 2.30. The van der Waals surface area contributed by atoms with Gasteiger partial charge in [0.25, 0.3) is 0 Å². The number of rotatable bonds is 0. The van der Waals surface area contributed by atoms with Crippen LogP contribution >= 0.6 is 0 Å². The van der Waals surface area contributed by atoms with Gasteiger partial charge in [-0.05, 0) is 0 Å². The second-order valence-corrected chi connectivity index (χ2v) is 5.13. The van der Waals surface area contributed by atoms with Gasteiger partial charge in [-0.15, -0.1) is 0 Å². The van der Waals surface area contributed by atoms with Crippen molar-refractivity contribution in [3.05, 3.63) is 16.7 Å². The maximum absolute atomic E-state index is 9.18. The average molecular weight is 228 g/mol. The first-order valence-electron chi connectivity index (χ1n) is 3.46. The van der Waals surface area contributed by atoms with E-state index in [1.807, 2.05) is 6.92 Å². The third kappa shape index (κ3) is 1.09. The standard InChI is InChI=1S/C8H7NO2Se/c1-4-9-5-2-6(10)7(11)3-8(5)12-4/h2-3,10-11H,1H3. The number of fused-ring (bicyclic) bond motifs is 1. The van der Waals surface area contributed by atoms with Crippen LogP contribution in [0, 0.1) is 6.92 Å². The molecule has 0 saturated heterocycles. The molecule has 0 aliphatic rings. The third-order valence-corrected chi connectivity index (χ3v) is 3.55. The number of benzene rings is 1. The predicted octanol–water partition coefficient (Wildman–Crippen LogP) is 1.01. The van der Waals surface area contributed by atoms with Crippen molar-refractivity contribution in [2.45, 2.75) is 6.92 Å². The van der Waals surface area contributed by atoms with Gasteiger partial charge in [0, 0.05) is 0 Å². The van der Waals surface area contributed by atoms with Crippen LogP contribution in [0.1, 0.15) is 4.57 Å². The number of aromatic nitrogens is 1. The zero-order valence-corrected chi connectivity index (χ0v) is 8.12. The van der Waals surface area contributed by atoms with Crippen molar-refractivity contribution in [2.24, 2.45) is 0 Å². The quantitative estimate of drug-likeness (QED) is 0.522. The molecule has 0 aliphatic heterocycles. The van der Waals surface area contributed by atoms with E-state index in [1.165, 1.54) is 6.07 Å². The van der Waals surface area contributed by atoms with E-state index in [2.05, 4.69) is 4.98 Å². The minimum atomic E-state index is -0.0944. The molecular formula is C8H7NO2Se. The molecule has 62 valence electrons. The number of phenols is 2. The molecule has 2 N–H and O–H groups in total. The van der Waals surface area contributed by atoms with Crippen molar-refractivity contribution in [1.82, 2.24) is 4.98 Å². The molecule has 1 heterocycles. The topological polar surface area (TPSA) is 53.4 Å². The van der Waals surface area contributed by atoms with Crippen molar-refractivity contribution >= 4 is 24.3 Å². The molecule has 0 spiro atoms. The summed E-state index contributed by atoms with van der Waals surface area (Å²) in [6.45, 7) is 1.95. The number of phenolic OH excluding ortho intramolecular Hbond substituents is 2. The summed E-state index contributed by atoms with van der Waals surface area (Å²) in [5.41, 5.74) is 0.794. The van der Waals surface area contributed by atoms with Crippen LogP contribution in [0.4, 0.5) is 0 Å². The number of aryl methyl sites for hydroxylation is 1. The first-order valence-corrected chi connectivity index (χ1v) is 5.17. The van der Waals surface area contributed by atoms with Gasteiger partial charge < -0.3 is 0 Å². The molecule has 0 unspecified atom stereocenters. The molecule has 0 radical (unpaired) electrons. The van der Waals surface area contributed by atoms with Crippen molar-refractivity contribution < 1.29 is 10.2 Å². The first-order chi connectivity index (χ1) is 5.66. The number of hydrogen-bond acceptors (Lipinski definition) is 3. The Morgan fingerprint density at radius 1 is 1.25 bits per heavy atom. The summed E-state index contributed by atoms with van der Waals surface area (Å²) < 4.78 is 2.11. The van der Waals surface area contributed by atoms with Gasteiger partial charge in [0.15, 0.2) is 0 Å². The van der Waals surface area contributed by atoms with Crippen molar-refractivity contribution in [1.29, 1.82) is 0 Å². The fourth-order valence-electron chi connectivity index (χ4n) is 1.07. The van der Waals surface area contributed by atoms with Gasteiger partial charge in [-0.1, -0.05) is 0 Å². The van der Waals surface area contributed by atoms with Crippen molar-refractivity contribution in [3.8, 4) is 11.5 Å². The monoisotopic (exact) mass is 229 g/mol. The molecule has 0 aliphatic carbocycles. The van der Waals surface area contributed by atoms with E-state index in [9.17, 15) is 5.11 Å². The Hall–Kier alpha value is -0.991. The molecule has 0 atom stereocenters. The van der Waals surface area contributed by atoms with Gasteiger partial charge in [-0.3, -0.25) is 0 Å². The summed E-state index contributed by atoms with van der Waals surface area (Å²) in [7, 11) is 0. The second kappa shape index (κ2) is 2.51. The van der Waals surface area contributed by atoms with Gasteiger partial charge in [0.2, 0.25) is 0 Å². The number of aromatic hydroxyl groups is 2. The van der Waals surface area contributed by atoms with Gasteiger partial charge in [-0.25, -0.2) is 0 Å². The van der Waals surface area contributed by atoms with E-state index in [0.717, 1.165) is 14.3 Å². The van der Waals surface area contributed by atoms with Crippen LogP contribution in [0.3, 0.4) is 0 Å². The normalized spacial score (nSPS) is 10.8. The van der Waals surface area contributed by atoms with Crippen LogP contribution in [-0.2, 0) is 0 Å². The number of hydrogen-bond donors (Lipinski definition) is 2. The molecule has 2 aromatic rings. The molecular weight excluding hydrogens is 221 g/mol. The summed E-state index contributed by atoms with van der Waals surface area (Å²) in [5.74, 6) is -0.150. The molecule has 0 saturated carbocycles. The fourth-order valence-corrected chi connectivity index (χ4v) is 2.83. The predicted molar refractivity (Wildman–Crippen MR) is 46.7 cm³/mol. The SMILES string of the molecule is Cc1nc2cc(O)c(O)cc2[se]1. The molecule has 4 heteroatoms. The molecule has 12 heavy (non-hydrogen) atoms. The molecule has 0 bridgehead atoms. The van der Waals surface area contributed by atoms with Crippen molar-refractivity contribution in [3.63, 3.8) is 0 Å². The third-order valence-electron chi connectivity index (χ3n) is 1.59. The molecule has 0 fully saturated rings. The van der Waals surface area contributed by atoms with E-state index in [0.29, 0.717) is 0 Å². The zero-order chi connectivity index (χ0) is 8.72. The summed E-state index contributed by atoms with van der Waals surface area (Å²) in [6.07, 6.45) is 0. The Morgan fingerprint density at radius 2 is 1.92 bits per heavy atom. The van der Waals surface area contributed by atoms with Gasteiger partial charge >= 0.3 is 74.6 Å². The number of nitrogens with zero attached hydrogens (tertiary/aromatic N) is 1. The van der Waals surface area contributed by atoms with E-state index >= 15 is 0 Å². The van der Waals surface area contributed by atoms with E-state index in [-0.39, 0.29) is 26.0 Å². The molecule has 2 rings (SSSR count). The summed E-state index contributed by atoms with van der Waals surface area (Å²) >= 11 is 0.223. The van der Waals surface area contributed by atoms with E-state index in [1.54, 1.807) is 6.07 Å². The van der Waals surface area contributed by atoms with Crippen LogP contribution in [0.25, 0.3) is 9.78 Å². The summed E-state index contributed by atoms with van der Waals surface area (Å²) in [6, 6.07) is 3.09. The Labute approximate surface area is 75.0 Å². The Morgan fingerprint density at radius 3 is 2.67 bits per heavy atom. The minimum absolute atomic E-state index is 0.0551. The molecule has 3 nitrogen and oxygen atoms in total. The van der Waals surface area contributed by atoms with Gasteiger partial charge in [0.1, 0.15) is 0 Å². The molecule has 1 aromatic carbocycles. The van der Waals surface area contributed by atoms with Crippen LogP contribution in [0.15, 0.2) is 12.1 Å². The Balaban J connectivity index is 2.83. The second-order valence-electron chi connectivity index (χ2n) is 2.54. The van der Waals surface area contributed by atoms with E-state index in [4.69, 9.17) is 5.11 Å². The van der Waals surface area contributed by atoms with Gasteiger partial charge in [-0.2, -0.15) is 0 Å². The summed E-state index contributed by atoms with van der Waals surface area (Å²) in [5, 5.41) is 18.3. The first kappa shape index (κ1) is 7.65. The van der Waals surface area contributed by atoms with Crippen LogP contribution in [0.2, 0.25) is 0 Å². The summed E-state index contributed by atoms with van der Waals surface area (Å²) in [4.78, 5) is 4.23. The fraction of sp³-hybridized carbons (Fsp3) is 0.125. The molecule has 1 aromatic heterocycles. The van der Waals surface area contributed by atoms with E-state index < -0.39 is 0 Å². The van der Waals surface area contributed by atoms with Crippen LogP contribution in [-0.4, -0.2) is 29.7 Å². The molecule has 0 amide bonds. The van der Waals surface area contributed by atoms with Crippen LogP contribution in [0.5, 0.6) is 11.5 Å². The Bertz CT molecular complexity index is 397. The zero-order valence-electron chi connectivity index (χ0n) is 6.40. The van der Waals surface area contributed by atoms with Gasteiger partial charge in [0.05, 0.1) is 0 Å². The van der Waals surface area contributed by atoms with Crippen molar-refractivity contribution in [2.75, 3.05) is 0 Å². The van der Waals surface area contributed by atoms with Crippen LogP contribution < -0.4 is 0 Å². The Kier molecular flexibility index (Phi) is 1.60.